The highest BCUT2D eigenvalue weighted by atomic mass is 16.4. The van der Waals surface area contributed by atoms with Gasteiger partial charge in [0.1, 0.15) is 0 Å². The summed E-state index contributed by atoms with van der Waals surface area (Å²) in [6.07, 6.45) is 5.49. The quantitative estimate of drug-likeness (QED) is 0.491. The van der Waals surface area contributed by atoms with Crippen LogP contribution in [0.2, 0.25) is 0 Å². The number of aliphatic hydroxyl groups is 1. The highest BCUT2D eigenvalue weighted by Crippen LogP contribution is 2.15. The molecule has 0 heterocycles. The Morgan fingerprint density at radius 1 is 1.46 bits per heavy atom. The van der Waals surface area contributed by atoms with Gasteiger partial charge in [-0.05, 0) is 12.8 Å². The van der Waals surface area contributed by atoms with E-state index in [1.54, 1.807) is 0 Å². The molecule has 0 aromatic heterocycles. The van der Waals surface area contributed by atoms with Crippen molar-refractivity contribution in [2.24, 2.45) is 5.41 Å². The van der Waals surface area contributed by atoms with E-state index in [0.29, 0.717) is 6.42 Å². The van der Waals surface area contributed by atoms with Gasteiger partial charge in [0.2, 0.25) is 0 Å². The zero-order valence-electron chi connectivity index (χ0n) is 8.29. The van der Waals surface area contributed by atoms with Crippen molar-refractivity contribution in [2.45, 2.75) is 33.1 Å². The molecule has 0 unspecified atom stereocenters. The average Bonchev–Trinajstić information content (AvgIpc) is 2.03. The summed E-state index contributed by atoms with van der Waals surface area (Å²) in [5.74, 6) is -0.755. The molecule has 13 heavy (non-hydrogen) atoms. The average molecular weight is 186 g/mol. The van der Waals surface area contributed by atoms with E-state index in [2.05, 4.69) is 0 Å². The van der Waals surface area contributed by atoms with E-state index in [1.165, 1.54) is 0 Å². The molecule has 0 aliphatic carbocycles. The lowest BCUT2D eigenvalue weighted by Gasteiger charge is -2.15. The molecule has 0 radical (unpaired) electrons. The van der Waals surface area contributed by atoms with E-state index >= 15 is 0 Å². The van der Waals surface area contributed by atoms with Crippen LogP contribution in [0.3, 0.4) is 0 Å². The first-order chi connectivity index (χ1) is 5.98. The third-order valence-electron chi connectivity index (χ3n) is 1.74. The van der Waals surface area contributed by atoms with Crippen LogP contribution in [-0.4, -0.2) is 22.8 Å². The minimum Gasteiger partial charge on any atom is -0.481 e. The van der Waals surface area contributed by atoms with Gasteiger partial charge in [-0.15, -0.1) is 0 Å². The third kappa shape index (κ3) is 7.53. The molecule has 0 saturated heterocycles. The molecular formula is C10H18O3. The van der Waals surface area contributed by atoms with Crippen LogP contribution < -0.4 is 0 Å². The number of hydrogen-bond donors (Lipinski definition) is 2. The van der Waals surface area contributed by atoms with Gasteiger partial charge in [-0.25, -0.2) is 0 Å². The zero-order chi connectivity index (χ0) is 10.3. The van der Waals surface area contributed by atoms with Gasteiger partial charge in [0.25, 0.3) is 0 Å². The van der Waals surface area contributed by atoms with E-state index in [9.17, 15) is 4.79 Å². The van der Waals surface area contributed by atoms with Gasteiger partial charge in [-0.2, -0.15) is 0 Å². The van der Waals surface area contributed by atoms with E-state index < -0.39 is 5.97 Å². The van der Waals surface area contributed by atoms with Gasteiger partial charge in [0.05, 0.1) is 6.61 Å². The number of allylic oxidation sites excluding steroid dienone is 1. The fraction of sp³-hybridized carbons (Fsp3) is 0.700. The fourth-order valence-electron chi connectivity index (χ4n) is 0.826. The summed E-state index contributed by atoms with van der Waals surface area (Å²) in [4.78, 5) is 10.2. The van der Waals surface area contributed by atoms with Gasteiger partial charge in [-0.1, -0.05) is 26.0 Å². The molecule has 0 saturated carbocycles. The van der Waals surface area contributed by atoms with E-state index in [1.807, 2.05) is 26.0 Å². The van der Waals surface area contributed by atoms with Crippen molar-refractivity contribution in [2.75, 3.05) is 6.61 Å². The molecule has 0 spiro atoms. The second kappa shape index (κ2) is 5.75. The first-order valence-electron chi connectivity index (χ1n) is 4.48. The summed E-state index contributed by atoms with van der Waals surface area (Å²) in [5.41, 5.74) is -0.191. The SMILES string of the molecule is CC(C)(/C=C\CCCC(=O)O)CO. The molecule has 76 valence electrons. The second-order valence-electron chi connectivity index (χ2n) is 3.84. The molecule has 0 bridgehead atoms. The molecular weight excluding hydrogens is 168 g/mol. The number of carbonyl (C=O) groups is 1. The highest BCUT2D eigenvalue weighted by molar-refractivity contribution is 5.66. The molecule has 0 aliphatic heterocycles. The maximum absolute atomic E-state index is 10.2. The van der Waals surface area contributed by atoms with E-state index in [-0.39, 0.29) is 18.4 Å². The summed E-state index contributed by atoms with van der Waals surface area (Å²) in [6, 6.07) is 0. The third-order valence-corrected chi connectivity index (χ3v) is 1.74. The first-order valence-corrected chi connectivity index (χ1v) is 4.48. The highest BCUT2D eigenvalue weighted by Gasteiger charge is 2.10. The monoisotopic (exact) mass is 186 g/mol. The topological polar surface area (TPSA) is 57.5 Å². The number of unbranched alkanes of at least 4 members (excludes halogenated alkanes) is 1. The number of hydrogen-bond acceptors (Lipinski definition) is 2. The lowest BCUT2D eigenvalue weighted by atomic mass is 9.94. The van der Waals surface area contributed by atoms with Crippen LogP contribution in [0.15, 0.2) is 12.2 Å². The molecule has 2 N–H and O–H groups in total. The van der Waals surface area contributed by atoms with Crippen LogP contribution in [0.4, 0.5) is 0 Å². The number of carboxylic acid groups (broad SMARTS) is 1. The van der Waals surface area contributed by atoms with Gasteiger partial charge < -0.3 is 10.2 Å². The predicted octanol–water partition coefficient (Wildman–Crippen LogP) is 1.82. The summed E-state index contributed by atoms with van der Waals surface area (Å²) >= 11 is 0. The Labute approximate surface area is 79.1 Å². The molecule has 0 amide bonds. The Bertz CT molecular complexity index is 183. The normalized spacial score (nSPS) is 12.2. The summed E-state index contributed by atoms with van der Waals surface area (Å²) in [7, 11) is 0. The Morgan fingerprint density at radius 3 is 2.54 bits per heavy atom. The van der Waals surface area contributed by atoms with E-state index in [0.717, 1.165) is 6.42 Å². The molecule has 0 fully saturated rings. The molecule has 0 aliphatic rings. The van der Waals surface area contributed by atoms with Crippen molar-refractivity contribution in [3.8, 4) is 0 Å². The minimum atomic E-state index is -0.755. The lowest BCUT2D eigenvalue weighted by molar-refractivity contribution is -0.137. The Hall–Kier alpha value is -0.830. The van der Waals surface area contributed by atoms with Crippen LogP contribution in [-0.2, 0) is 4.79 Å². The van der Waals surface area contributed by atoms with Gasteiger partial charge >= 0.3 is 5.97 Å². The fourth-order valence-corrected chi connectivity index (χ4v) is 0.826. The van der Waals surface area contributed by atoms with Crippen molar-refractivity contribution in [3.63, 3.8) is 0 Å². The molecule has 3 heteroatoms. The zero-order valence-corrected chi connectivity index (χ0v) is 8.29. The molecule has 3 nitrogen and oxygen atoms in total. The van der Waals surface area contributed by atoms with Crippen molar-refractivity contribution < 1.29 is 15.0 Å². The summed E-state index contributed by atoms with van der Waals surface area (Å²) in [5, 5.41) is 17.2. The van der Waals surface area contributed by atoms with Crippen LogP contribution in [0.1, 0.15) is 33.1 Å². The number of rotatable bonds is 6. The minimum absolute atomic E-state index is 0.114. The number of aliphatic carboxylic acids is 1. The smallest absolute Gasteiger partial charge is 0.303 e. The van der Waals surface area contributed by atoms with Gasteiger partial charge in [0.15, 0.2) is 0 Å². The van der Waals surface area contributed by atoms with Crippen LogP contribution >= 0.6 is 0 Å². The van der Waals surface area contributed by atoms with Crippen LogP contribution in [0.5, 0.6) is 0 Å². The molecule has 0 aromatic carbocycles. The largest absolute Gasteiger partial charge is 0.481 e. The standard InChI is InChI=1S/C10H18O3/c1-10(2,8-11)7-5-3-4-6-9(12)13/h5,7,11H,3-4,6,8H2,1-2H3,(H,12,13)/b7-5-. The molecule has 0 rings (SSSR count). The number of carboxylic acids is 1. The maximum atomic E-state index is 10.2. The lowest BCUT2D eigenvalue weighted by Crippen LogP contribution is -2.12. The summed E-state index contributed by atoms with van der Waals surface area (Å²) < 4.78 is 0. The van der Waals surface area contributed by atoms with Crippen LogP contribution in [0, 0.1) is 5.41 Å². The van der Waals surface area contributed by atoms with Crippen LogP contribution in [0.25, 0.3) is 0 Å². The predicted molar refractivity (Wildman–Crippen MR) is 51.5 cm³/mol. The summed E-state index contributed by atoms with van der Waals surface area (Å²) in [6.45, 7) is 3.98. The number of aliphatic hydroxyl groups excluding tert-OH is 1. The van der Waals surface area contributed by atoms with E-state index in [4.69, 9.17) is 10.2 Å². The van der Waals surface area contributed by atoms with Crippen molar-refractivity contribution in [1.29, 1.82) is 0 Å². The van der Waals surface area contributed by atoms with Gasteiger partial charge in [-0.3, -0.25) is 4.79 Å². The van der Waals surface area contributed by atoms with Gasteiger partial charge in [0, 0.05) is 11.8 Å². The molecule has 0 aromatic rings. The van der Waals surface area contributed by atoms with Crippen molar-refractivity contribution >= 4 is 5.97 Å². The second-order valence-corrected chi connectivity index (χ2v) is 3.84. The Balaban J connectivity index is 3.58. The first kappa shape index (κ1) is 12.2. The Kier molecular flexibility index (Phi) is 5.39. The Morgan fingerprint density at radius 2 is 2.08 bits per heavy atom. The van der Waals surface area contributed by atoms with Crippen molar-refractivity contribution in [3.05, 3.63) is 12.2 Å². The van der Waals surface area contributed by atoms with Crippen molar-refractivity contribution in [1.82, 2.24) is 0 Å². The maximum Gasteiger partial charge on any atom is 0.303 e. The molecule has 0 atom stereocenters.